The number of aldehydes is 2. The summed E-state index contributed by atoms with van der Waals surface area (Å²) in [5.74, 6) is -0.230. The van der Waals surface area contributed by atoms with E-state index in [2.05, 4.69) is 27.7 Å². The Labute approximate surface area is 277 Å². The second-order valence-electron chi connectivity index (χ2n) is 11.2. The number of carbonyl (C=O) groups is 4. The number of carbonyl (C=O) groups excluding carboxylic acids is 3. The zero-order chi connectivity index (χ0) is 34.1. The van der Waals surface area contributed by atoms with Gasteiger partial charge in [0.15, 0.2) is 0 Å². The van der Waals surface area contributed by atoms with E-state index >= 15 is 0 Å². The first-order valence-electron chi connectivity index (χ1n) is 16.5. The van der Waals surface area contributed by atoms with Crippen molar-refractivity contribution in [3.63, 3.8) is 0 Å². The molecule has 0 amide bonds. The second-order valence-corrected chi connectivity index (χ2v) is 11.2. The summed E-state index contributed by atoms with van der Waals surface area (Å²) in [7, 11) is 3.47. The Bertz CT molecular complexity index is 1020. The predicted octanol–water partition coefficient (Wildman–Crippen LogP) is 8.29. The molecule has 9 heteroatoms. The minimum absolute atomic E-state index is 0. The molecule has 264 valence electrons. The number of hydrogen-bond acceptors (Lipinski definition) is 7. The quantitative estimate of drug-likeness (QED) is 0.0855. The van der Waals surface area contributed by atoms with Crippen LogP contribution >= 0.6 is 0 Å². The molecule has 2 aromatic rings. The molecule has 0 radical (unpaired) electrons. The lowest BCUT2D eigenvalue weighted by atomic mass is 10.0. The van der Waals surface area contributed by atoms with Gasteiger partial charge in [-0.15, -0.1) is 0 Å². The van der Waals surface area contributed by atoms with Crippen LogP contribution in [0, 0.1) is 5.92 Å². The van der Waals surface area contributed by atoms with Crippen molar-refractivity contribution in [1.29, 1.82) is 0 Å². The van der Waals surface area contributed by atoms with Gasteiger partial charge in [-0.1, -0.05) is 78.0 Å². The van der Waals surface area contributed by atoms with E-state index in [-0.39, 0.29) is 17.9 Å². The van der Waals surface area contributed by atoms with Gasteiger partial charge in [-0.05, 0) is 73.4 Å². The van der Waals surface area contributed by atoms with Crippen molar-refractivity contribution in [3.05, 3.63) is 47.5 Å². The molecular formula is C37H62O9. The summed E-state index contributed by atoms with van der Waals surface area (Å²) in [5, 5.41) is 9.98. The Morgan fingerprint density at radius 3 is 1.83 bits per heavy atom. The number of benzene rings is 2. The van der Waals surface area contributed by atoms with Crippen molar-refractivity contribution >= 4 is 35.3 Å². The van der Waals surface area contributed by atoms with Crippen molar-refractivity contribution < 1.29 is 44.0 Å². The van der Waals surface area contributed by atoms with Crippen molar-refractivity contribution in [3.8, 4) is 0 Å². The molecule has 0 spiro atoms. The SMILES string of the molecule is CCC.COCCCCCC(C)C.COCCCCCCOC(=O)c1ccc2cc(C=O)ccc2c1.O.O=CCCCCC(=O)O. The fraction of sp³-hybridized carbons (Fsp3) is 0.622. The maximum absolute atomic E-state index is 12.0. The first kappa shape index (κ1) is 47.3. The van der Waals surface area contributed by atoms with Crippen LogP contribution in [0.5, 0.6) is 0 Å². The summed E-state index contributed by atoms with van der Waals surface area (Å²) in [6, 6.07) is 10.7. The molecule has 0 atom stereocenters. The van der Waals surface area contributed by atoms with E-state index in [1.807, 2.05) is 12.1 Å². The van der Waals surface area contributed by atoms with Crippen LogP contribution < -0.4 is 0 Å². The number of fused-ring (bicyclic) bond motifs is 1. The van der Waals surface area contributed by atoms with Crippen LogP contribution in [0.25, 0.3) is 10.8 Å². The number of ether oxygens (including phenoxy) is 3. The number of esters is 1. The van der Waals surface area contributed by atoms with Crippen molar-refractivity contribution in [1.82, 2.24) is 0 Å². The number of carboxylic acids is 1. The molecule has 0 aliphatic rings. The van der Waals surface area contributed by atoms with Crippen LogP contribution in [0.4, 0.5) is 0 Å². The lowest BCUT2D eigenvalue weighted by Gasteiger charge is -2.06. The van der Waals surface area contributed by atoms with E-state index in [9.17, 15) is 19.2 Å². The molecule has 0 bridgehead atoms. The number of rotatable bonds is 20. The van der Waals surface area contributed by atoms with Gasteiger partial charge in [0.05, 0.1) is 12.2 Å². The summed E-state index contributed by atoms with van der Waals surface area (Å²) in [5.41, 5.74) is 1.16. The summed E-state index contributed by atoms with van der Waals surface area (Å²) in [6.07, 6.45) is 14.1. The van der Waals surface area contributed by atoms with Crippen molar-refractivity contribution in [2.45, 2.75) is 111 Å². The van der Waals surface area contributed by atoms with Gasteiger partial charge in [-0.25, -0.2) is 4.79 Å². The molecule has 0 saturated carbocycles. The zero-order valence-corrected chi connectivity index (χ0v) is 29.3. The minimum Gasteiger partial charge on any atom is -0.481 e. The third-order valence-corrected chi connectivity index (χ3v) is 6.30. The van der Waals surface area contributed by atoms with Gasteiger partial charge in [-0.2, -0.15) is 0 Å². The zero-order valence-electron chi connectivity index (χ0n) is 29.3. The first-order valence-corrected chi connectivity index (χ1v) is 16.5. The van der Waals surface area contributed by atoms with Gasteiger partial charge in [0.1, 0.15) is 12.6 Å². The lowest BCUT2D eigenvalue weighted by molar-refractivity contribution is -0.137. The van der Waals surface area contributed by atoms with E-state index in [1.54, 1.807) is 38.5 Å². The van der Waals surface area contributed by atoms with Crippen LogP contribution in [-0.2, 0) is 23.8 Å². The molecule has 46 heavy (non-hydrogen) atoms. The summed E-state index contributed by atoms with van der Waals surface area (Å²) in [4.78, 5) is 42.4. The summed E-state index contributed by atoms with van der Waals surface area (Å²) in [6.45, 7) is 10.9. The fourth-order valence-corrected chi connectivity index (χ4v) is 3.89. The Morgan fingerprint density at radius 1 is 0.761 bits per heavy atom. The second kappa shape index (κ2) is 34.7. The number of hydrogen-bond donors (Lipinski definition) is 1. The van der Waals surface area contributed by atoms with Gasteiger partial charge in [0.2, 0.25) is 0 Å². The highest BCUT2D eigenvalue weighted by Gasteiger charge is 2.08. The Hall–Kier alpha value is -3.14. The van der Waals surface area contributed by atoms with Gasteiger partial charge < -0.3 is 29.6 Å². The molecule has 0 unspecified atom stereocenters. The highest BCUT2D eigenvalue weighted by Crippen LogP contribution is 2.18. The number of unbranched alkanes of at least 4 members (excludes halogenated alkanes) is 7. The predicted molar refractivity (Wildman–Crippen MR) is 187 cm³/mol. The third-order valence-electron chi connectivity index (χ3n) is 6.30. The van der Waals surface area contributed by atoms with Crippen LogP contribution in [0.15, 0.2) is 36.4 Å². The highest BCUT2D eigenvalue weighted by molar-refractivity contribution is 5.96. The van der Waals surface area contributed by atoms with Crippen LogP contribution in [-0.4, -0.2) is 69.1 Å². The monoisotopic (exact) mass is 650 g/mol. The Balaban J connectivity index is -0.000000669. The van der Waals surface area contributed by atoms with Crippen molar-refractivity contribution in [2.24, 2.45) is 5.92 Å². The minimum atomic E-state index is -0.791. The lowest BCUT2D eigenvalue weighted by Crippen LogP contribution is -2.06. The van der Waals surface area contributed by atoms with Gasteiger partial charge >= 0.3 is 11.9 Å². The number of carboxylic acid groups (broad SMARTS) is 1. The molecule has 0 aromatic heterocycles. The summed E-state index contributed by atoms with van der Waals surface area (Å²) >= 11 is 0. The highest BCUT2D eigenvalue weighted by atomic mass is 16.5. The topological polar surface area (TPSA) is 148 Å². The maximum Gasteiger partial charge on any atom is 0.338 e. The normalized spacial score (nSPS) is 9.80. The Morgan fingerprint density at radius 2 is 1.30 bits per heavy atom. The summed E-state index contributed by atoms with van der Waals surface area (Å²) < 4.78 is 15.2. The van der Waals surface area contributed by atoms with E-state index < -0.39 is 5.97 Å². The van der Waals surface area contributed by atoms with E-state index in [0.29, 0.717) is 37.0 Å². The smallest absolute Gasteiger partial charge is 0.338 e. The average molecular weight is 651 g/mol. The molecule has 2 rings (SSSR count). The maximum atomic E-state index is 12.0. The van der Waals surface area contributed by atoms with E-state index in [0.717, 1.165) is 68.2 Å². The van der Waals surface area contributed by atoms with Crippen LogP contribution in [0.2, 0.25) is 0 Å². The van der Waals surface area contributed by atoms with Crippen LogP contribution in [0.1, 0.15) is 132 Å². The van der Waals surface area contributed by atoms with Gasteiger partial charge in [-0.3, -0.25) is 9.59 Å². The van der Waals surface area contributed by atoms with Crippen LogP contribution in [0.3, 0.4) is 0 Å². The van der Waals surface area contributed by atoms with Crippen molar-refractivity contribution in [2.75, 3.05) is 34.0 Å². The molecular weight excluding hydrogens is 588 g/mol. The number of aliphatic carboxylic acids is 1. The first-order chi connectivity index (χ1) is 21.7. The molecule has 2 aromatic carbocycles. The average Bonchev–Trinajstić information content (AvgIpc) is 3.02. The molecule has 3 N–H and O–H groups in total. The van der Waals surface area contributed by atoms with Gasteiger partial charge in [0, 0.05) is 45.8 Å². The molecule has 9 nitrogen and oxygen atoms in total. The largest absolute Gasteiger partial charge is 0.481 e. The fourth-order valence-electron chi connectivity index (χ4n) is 3.89. The molecule has 0 fully saturated rings. The molecule has 0 saturated heterocycles. The standard InChI is InChI=1S/C19H22O4.C9H20O.C6H10O3.C3H8.H2O/c1-22-10-4-2-3-5-11-23-19(21)18-9-8-16-12-15(14-20)6-7-17(16)13-18;1-9(2)7-5-4-6-8-10-3;7-5-3-1-2-4-6(8)9;1-3-2;/h6-9,12-14H,2-5,10-11H2,1H3;9H,4-8H2,1-3H3;5H,1-4H2,(H,8,9);3H2,1-2H3;1H2. The molecule has 0 heterocycles. The Kier molecular flexibility index (Phi) is 35.7. The molecule has 0 aliphatic carbocycles. The van der Waals surface area contributed by atoms with Gasteiger partial charge in [0.25, 0.3) is 0 Å². The third kappa shape index (κ3) is 29.6. The van der Waals surface area contributed by atoms with E-state index in [1.165, 1.54) is 32.1 Å². The van der Waals surface area contributed by atoms with E-state index in [4.69, 9.17) is 19.3 Å². The molecule has 0 aliphatic heterocycles. The number of methoxy groups -OCH3 is 2.